The van der Waals surface area contributed by atoms with E-state index in [1.165, 1.54) is 51.4 Å². The van der Waals surface area contributed by atoms with E-state index in [9.17, 15) is 4.79 Å². The Kier molecular flexibility index (Phi) is 11.2. The van der Waals surface area contributed by atoms with Gasteiger partial charge in [-0.25, -0.2) is 0 Å². The van der Waals surface area contributed by atoms with Crippen molar-refractivity contribution in [1.29, 1.82) is 0 Å². The average molecular weight is 319 g/mol. The summed E-state index contributed by atoms with van der Waals surface area (Å²) >= 11 is 0. The van der Waals surface area contributed by atoms with E-state index in [-0.39, 0.29) is 23.9 Å². The maximum Gasteiger partial charge on any atom is 0.234 e. The number of hydrogen-bond donors (Lipinski definition) is 1. The third-order valence-corrected chi connectivity index (χ3v) is 4.20. The Labute approximate surface area is 137 Å². The molecule has 0 bridgehead atoms. The van der Waals surface area contributed by atoms with Crippen LogP contribution in [0.4, 0.5) is 0 Å². The van der Waals surface area contributed by atoms with E-state index in [2.05, 4.69) is 31.0 Å². The molecule has 1 rings (SSSR count). The van der Waals surface area contributed by atoms with Crippen LogP contribution in [-0.4, -0.2) is 36.0 Å². The SMILES string of the molecule is CCCCCCCC(C)(C)NC(=O)CN1CCCCC1.Cl. The second kappa shape index (κ2) is 11.3. The lowest BCUT2D eigenvalue weighted by Gasteiger charge is -2.30. The lowest BCUT2D eigenvalue weighted by molar-refractivity contribution is -0.124. The number of unbranched alkanes of at least 4 members (excludes halogenated alkanes) is 4. The molecular weight excluding hydrogens is 284 g/mol. The van der Waals surface area contributed by atoms with Gasteiger partial charge in [-0.3, -0.25) is 9.69 Å². The van der Waals surface area contributed by atoms with Gasteiger partial charge < -0.3 is 5.32 Å². The lowest BCUT2D eigenvalue weighted by atomic mass is 9.96. The van der Waals surface area contributed by atoms with Crippen LogP contribution in [0.2, 0.25) is 0 Å². The highest BCUT2D eigenvalue weighted by Gasteiger charge is 2.21. The molecule has 0 radical (unpaired) electrons. The van der Waals surface area contributed by atoms with Gasteiger partial charge in [-0.15, -0.1) is 12.4 Å². The molecule has 1 aliphatic rings. The number of likely N-dealkylation sites (tertiary alicyclic amines) is 1. The predicted octanol–water partition coefficient (Wildman–Crippen LogP) is 4.15. The highest BCUT2D eigenvalue weighted by atomic mass is 35.5. The van der Waals surface area contributed by atoms with Crippen LogP contribution in [0, 0.1) is 0 Å². The van der Waals surface area contributed by atoms with Gasteiger partial charge in [-0.2, -0.15) is 0 Å². The maximum atomic E-state index is 12.1. The number of hydrogen-bond acceptors (Lipinski definition) is 2. The molecule has 21 heavy (non-hydrogen) atoms. The first kappa shape index (κ1) is 20.7. The molecule has 0 unspecified atom stereocenters. The summed E-state index contributed by atoms with van der Waals surface area (Å²) in [5, 5.41) is 3.21. The summed E-state index contributed by atoms with van der Waals surface area (Å²) in [6.07, 6.45) is 11.4. The van der Waals surface area contributed by atoms with Crippen LogP contribution in [-0.2, 0) is 4.79 Å². The summed E-state index contributed by atoms with van der Waals surface area (Å²) in [6.45, 7) is 9.31. The Morgan fingerprint density at radius 3 is 2.29 bits per heavy atom. The molecule has 1 heterocycles. The largest absolute Gasteiger partial charge is 0.350 e. The van der Waals surface area contributed by atoms with Crippen molar-refractivity contribution in [2.75, 3.05) is 19.6 Å². The van der Waals surface area contributed by atoms with Crippen LogP contribution in [0.3, 0.4) is 0 Å². The number of halogens is 1. The number of nitrogens with one attached hydrogen (secondary N) is 1. The molecular formula is C17H35ClN2O. The zero-order chi connectivity index (χ0) is 14.8. The van der Waals surface area contributed by atoms with Crippen LogP contribution in [0.5, 0.6) is 0 Å². The van der Waals surface area contributed by atoms with Crippen molar-refractivity contribution >= 4 is 18.3 Å². The molecule has 0 spiro atoms. The Hall–Kier alpha value is -0.280. The Bertz CT molecular complexity index is 276. The van der Waals surface area contributed by atoms with E-state index < -0.39 is 0 Å². The summed E-state index contributed by atoms with van der Waals surface area (Å²) in [6, 6.07) is 0. The molecule has 126 valence electrons. The highest BCUT2D eigenvalue weighted by Crippen LogP contribution is 2.15. The smallest absolute Gasteiger partial charge is 0.234 e. The van der Waals surface area contributed by atoms with Crippen molar-refractivity contribution in [2.45, 2.75) is 84.1 Å². The van der Waals surface area contributed by atoms with E-state index in [1.54, 1.807) is 0 Å². The van der Waals surface area contributed by atoms with Crippen molar-refractivity contribution < 1.29 is 4.79 Å². The molecule has 0 aromatic heterocycles. The first-order valence-corrected chi connectivity index (χ1v) is 8.57. The molecule has 1 amide bonds. The molecule has 0 atom stereocenters. The molecule has 0 aromatic rings. The van der Waals surface area contributed by atoms with Crippen LogP contribution >= 0.6 is 12.4 Å². The van der Waals surface area contributed by atoms with E-state index in [4.69, 9.17) is 0 Å². The topological polar surface area (TPSA) is 32.3 Å². The molecule has 1 aliphatic heterocycles. The molecule has 1 saturated heterocycles. The molecule has 1 N–H and O–H groups in total. The molecule has 3 nitrogen and oxygen atoms in total. The van der Waals surface area contributed by atoms with Crippen LogP contribution in [0.25, 0.3) is 0 Å². The first-order valence-electron chi connectivity index (χ1n) is 8.57. The summed E-state index contributed by atoms with van der Waals surface area (Å²) in [7, 11) is 0. The van der Waals surface area contributed by atoms with Crippen LogP contribution in [0.15, 0.2) is 0 Å². The van der Waals surface area contributed by atoms with Crippen LogP contribution in [0.1, 0.15) is 78.6 Å². The van der Waals surface area contributed by atoms with E-state index >= 15 is 0 Å². The van der Waals surface area contributed by atoms with Crippen molar-refractivity contribution in [3.8, 4) is 0 Å². The molecule has 0 aromatic carbocycles. The van der Waals surface area contributed by atoms with Gasteiger partial charge in [0.25, 0.3) is 0 Å². The van der Waals surface area contributed by atoms with Gasteiger partial charge in [0.15, 0.2) is 0 Å². The first-order chi connectivity index (χ1) is 9.53. The summed E-state index contributed by atoms with van der Waals surface area (Å²) in [5.41, 5.74) is -0.0565. The molecule has 1 fully saturated rings. The van der Waals surface area contributed by atoms with Crippen molar-refractivity contribution in [3.05, 3.63) is 0 Å². The fourth-order valence-electron chi connectivity index (χ4n) is 2.97. The van der Waals surface area contributed by atoms with Gasteiger partial charge in [-0.1, -0.05) is 45.4 Å². The lowest BCUT2D eigenvalue weighted by Crippen LogP contribution is -2.48. The van der Waals surface area contributed by atoms with Gasteiger partial charge in [0, 0.05) is 5.54 Å². The summed E-state index contributed by atoms with van der Waals surface area (Å²) in [4.78, 5) is 14.4. The van der Waals surface area contributed by atoms with Gasteiger partial charge in [0.05, 0.1) is 6.54 Å². The maximum absolute atomic E-state index is 12.1. The second-order valence-electron chi connectivity index (χ2n) is 6.93. The number of piperidine rings is 1. The predicted molar refractivity (Wildman–Crippen MR) is 93.1 cm³/mol. The van der Waals surface area contributed by atoms with Gasteiger partial charge in [0.1, 0.15) is 0 Å². The number of amides is 1. The van der Waals surface area contributed by atoms with E-state index in [0.717, 1.165) is 19.5 Å². The molecule has 0 aliphatic carbocycles. The van der Waals surface area contributed by atoms with Crippen LogP contribution < -0.4 is 5.32 Å². The minimum atomic E-state index is -0.0565. The number of nitrogens with zero attached hydrogens (tertiary/aromatic N) is 1. The van der Waals surface area contributed by atoms with E-state index in [0.29, 0.717) is 6.54 Å². The third kappa shape index (κ3) is 10.1. The molecule has 0 saturated carbocycles. The van der Waals surface area contributed by atoms with Gasteiger partial charge in [0.2, 0.25) is 5.91 Å². The monoisotopic (exact) mass is 318 g/mol. The highest BCUT2D eigenvalue weighted by molar-refractivity contribution is 5.85. The Balaban J connectivity index is 0.00000400. The quantitative estimate of drug-likeness (QED) is 0.648. The molecule has 4 heteroatoms. The zero-order valence-corrected chi connectivity index (χ0v) is 15.1. The average Bonchev–Trinajstić information content (AvgIpc) is 2.38. The normalized spacial score (nSPS) is 16.3. The van der Waals surface area contributed by atoms with E-state index in [1.807, 2.05) is 0 Å². The summed E-state index contributed by atoms with van der Waals surface area (Å²) in [5.74, 6) is 0.199. The van der Waals surface area contributed by atoms with Crippen molar-refractivity contribution in [2.24, 2.45) is 0 Å². The number of carbonyl (C=O) groups excluding carboxylic acids is 1. The summed E-state index contributed by atoms with van der Waals surface area (Å²) < 4.78 is 0. The number of rotatable bonds is 9. The van der Waals surface area contributed by atoms with Gasteiger partial charge in [-0.05, 0) is 46.2 Å². The zero-order valence-electron chi connectivity index (χ0n) is 14.2. The second-order valence-corrected chi connectivity index (χ2v) is 6.93. The third-order valence-electron chi connectivity index (χ3n) is 4.20. The van der Waals surface area contributed by atoms with Gasteiger partial charge >= 0.3 is 0 Å². The Morgan fingerprint density at radius 2 is 1.67 bits per heavy atom. The minimum Gasteiger partial charge on any atom is -0.350 e. The minimum absolute atomic E-state index is 0. The fourth-order valence-corrected chi connectivity index (χ4v) is 2.97. The van der Waals surface area contributed by atoms with Crippen molar-refractivity contribution in [3.63, 3.8) is 0 Å². The Morgan fingerprint density at radius 1 is 1.05 bits per heavy atom. The van der Waals surface area contributed by atoms with Crippen molar-refractivity contribution in [1.82, 2.24) is 10.2 Å². The fraction of sp³-hybridized carbons (Fsp3) is 0.941. The number of carbonyl (C=O) groups is 1. The standard InChI is InChI=1S/C17H34N2O.ClH/c1-4-5-6-7-9-12-17(2,3)18-16(20)15-19-13-10-8-11-14-19;/h4-15H2,1-3H3,(H,18,20);1H.